The van der Waals surface area contributed by atoms with E-state index in [9.17, 15) is 14.9 Å². The molecule has 0 aliphatic carbocycles. The highest BCUT2D eigenvalue weighted by Crippen LogP contribution is 2.34. The van der Waals surface area contributed by atoms with Crippen LogP contribution in [0, 0.1) is 10.1 Å². The first-order valence-corrected chi connectivity index (χ1v) is 6.39. The van der Waals surface area contributed by atoms with Crippen LogP contribution in [-0.4, -0.2) is 36.2 Å². The third-order valence-corrected chi connectivity index (χ3v) is 2.69. The highest BCUT2D eigenvalue weighted by atomic mass is 16.6. The molecule has 1 rings (SSSR count). The summed E-state index contributed by atoms with van der Waals surface area (Å²) in [5.41, 5.74) is -0.126. The van der Waals surface area contributed by atoms with Crippen LogP contribution in [0.3, 0.4) is 0 Å². The zero-order valence-electron chi connectivity index (χ0n) is 11.9. The Morgan fingerprint density at radius 3 is 2.67 bits per heavy atom. The fourth-order valence-corrected chi connectivity index (χ4v) is 1.70. The smallest absolute Gasteiger partial charge is 0.278 e. The van der Waals surface area contributed by atoms with E-state index in [0.717, 1.165) is 0 Å². The van der Waals surface area contributed by atoms with Gasteiger partial charge in [-0.3, -0.25) is 14.9 Å². The second kappa shape index (κ2) is 8.05. The average molecular weight is 298 g/mol. The summed E-state index contributed by atoms with van der Waals surface area (Å²) in [7, 11) is 1.39. The van der Waals surface area contributed by atoms with E-state index in [-0.39, 0.29) is 41.7 Å². The minimum atomic E-state index is -0.609. The Morgan fingerprint density at radius 2 is 2.14 bits per heavy atom. The number of aliphatic hydroxyl groups excluding tert-OH is 1. The maximum Gasteiger partial charge on any atom is 0.278 e. The third-order valence-electron chi connectivity index (χ3n) is 2.69. The number of methoxy groups -OCH3 is 1. The van der Waals surface area contributed by atoms with Gasteiger partial charge in [-0.1, -0.05) is 0 Å². The van der Waals surface area contributed by atoms with Crippen molar-refractivity contribution in [3.05, 3.63) is 27.8 Å². The van der Waals surface area contributed by atoms with Crippen LogP contribution < -0.4 is 14.8 Å². The molecule has 0 heterocycles. The van der Waals surface area contributed by atoms with Gasteiger partial charge in [-0.15, -0.1) is 0 Å². The van der Waals surface area contributed by atoms with Gasteiger partial charge >= 0.3 is 0 Å². The van der Waals surface area contributed by atoms with Crippen molar-refractivity contribution in [3.8, 4) is 11.5 Å². The number of benzene rings is 1. The Bertz CT molecular complexity index is 518. The summed E-state index contributed by atoms with van der Waals surface area (Å²) in [6.45, 7) is 1.92. The molecule has 0 fully saturated rings. The molecule has 8 heteroatoms. The quantitative estimate of drug-likeness (QED) is 0.547. The molecule has 0 aromatic heterocycles. The second-order valence-corrected chi connectivity index (χ2v) is 4.10. The third kappa shape index (κ3) is 4.60. The van der Waals surface area contributed by atoms with Crippen LogP contribution in [0.4, 0.5) is 5.69 Å². The van der Waals surface area contributed by atoms with Gasteiger partial charge in [-0.25, -0.2) is 0 Å². The molecular formula is C13H18N2O6. The van der Waals surface area contributed by atoms with Crippen molar-refractivity contribution < 1.29 is 24.3 Å². The van der Waals surface area contributed by atoms with E-state index < -0.39 is 11.5 Å². The molecule has 0 radical (unpaired) electrons. The normalized spacial score (nSPS) is 10.0. The van der Waals surface area contributed by atoms with Crippen molar-refractivity contribution >= 4 is 11.6 Å². The molecule has 0 unspecified atom stereocenters. The van der Waals surface area contributed by atoms with E-state index >= 15 is 0 Å². The fraction of sp³-hybridized carbons (Fsp3) is 0.462. The first-order chi connectivity index (χ1) is 10.0. The Kier molecular flexibility index (Phi) is 6.41. The maximum absolute atomic E-state index is 11.3. The van der Waals surface area contributed by atoms with Gasteiger partial charge in [-0.2, -0.15) is 0 Å². The summed E-state index contributed by atoms with van der Waals surface area (Å²) < 4.78 is 10.4. The molecule has 1 amide bonds. The van der Waals surface area contributed by atoms with Crippen molar-refractivity contribution in [2.75, 3.05) is 20.3 Å². The Morgan fingerprint density at radius 1 is 1.43 bits per heavy atom. The predicted molar refractivity (Wildman–Crippen MR) is 74.4 cm³/mol. The lowest BCUT2D eigenvalue weighted by atomic mass is 10.1. The number of nitro groups is 1. The first kappa shape index (κ1) is 16.7. The molecule has 0 aliphatic heterocycles. The SMILES string of the molecule is CCNC(=O)CCOc1cc([N+](=O)[O-])c(CO)cc1OC. The molecule has 0 spiro atoms. The summed E-state index contributed by atoms with van der Waals surface area (Å²) in [5.74, 6) is 0.254. The van der Waals surface area contributed by atoms with Crippen LogP contribution in [0.25, 0.3) is 0 Å². The van der Waals surface area contributed by atoms with Gasteiger partial charge in [0.1, 0.15) is 0 Å². The van der Waals surface area contributed by atoms with Gasteiger partial charge in [0.2, 0.25) is 5.91 Å². The highest BCUT2D eigenvalue weighted by molar-refractivity contribution is 5.75. The van der Waals surface area contributed by atoms with E-state index in [1.165, 1.54) is 19.2 Å². The van der Waals surface area contributed by atoms with E-state index in [0.29, 0.717) is 6.54 Å². The molecule has 8 nitrogen and oxygen atoms in total. The summed E-state index contributed by atoms with van der Waals surface area (Å²) in [4.78, 5) is 21.6. The van der Waals surface area contributed by atoms with Gasteiger partial charge in [-0.05, 0) is 13.0 Å². The molecule has 1 aromatic rings. The van der Waals surface area contributed by atoms with E-state index in [1.807, 2.05) is 0 Å². The van der Waals surface area contributed by atoms with Gasteiger partial charge in [0.15, 0.2) is 11.5 Å². The van der Waals surface area contributed by atoms with Crippen molar-refractivity contribution in [1.82, 2.24) is 5.32 Å². The van der Waals surface area contributed by atoms with Crippen LogP contribution in [0.2, 0.25) is 0 Å². The van der Waals surface area contributed by atoms with Crippen LogP contribution in [0.5, 0.6) is 11.5 Å². The van der Waals surface area contributed by atoms with Crippen molar-refractivity contribution in [3.63, 3.8) is 0 Å². The fourth-order valence-electron chi connectivity index (χ4n) is 1.70. The molecule has 116 valence electrons. The zero-order chi connectivity index (χ0) is 15.8. The van der Waals surface area contributed by atoms with Crippen LogP contribution in [0.15, 0.2) is 12.1 Å². The predicted octanol–water partition coefficient (Wildman–Crippen LogP) is 1.00. The molecule has 0 saturated heterocycles. The summed E-state index contributed by atoms with van der Waals surface area (Å²) in [6.07, 6.45) is 0.131. The number of aliphatic hydroxyl groups is 1. The Balaban J connectivity index is 2.87. The van der Waals surface area contributed by atoms with Crippen LogP contribution in [-0.2, 0) is 11.4 Å². The van der Waals surface area contributed by atoms with Gasteiger partial charge in [0, 0.05) is 6.54 Å². The molecule has 1 aromatic carbocycles. The number of carbonyl (C=O) groups excluding carboxylic acids is 1. The Hall–Kier alpha value is -2.35. The monoisotopic (exact) mass is 298 g/mol. The first-order valence-electron chi connectivity index (χ1n) is 6.39. The molecular weight excluding hydrogens is 280 g/mol. The topological polar surface area (TPSA) is 111 Å². The molecule has 0 aliphatic rings. The molecule has 0 atom stereocenters. The number of hydrogen-bond acceptors (Lipinski definition) is 6. The average Bonchev–Trinajstić information content (AvgIpc) is 2.46. The number of nitrogens with zero attached hydrogens (tertiary/aromatic N) is 1. The molecule has 2 N–H and O–H groups in total. The number of ether oxygens (including phenoxy) is 2. The standard InChI is InChI=1S/C13H18N2O6/c1-3-14-13(17)4-5-21-12-7-10(15(18)19)9(8-16)6-11(12)20-2/h6-7,16H,3-5,8H2,1-2H3,(H,14,17). The van der Waals surface area contributed by atoms with Gasteiger partial charge in [0.25, 0.3) is 5.69 Å². The van der Waals surface area contributed by atoms with Crippen molar-refractivity contribution in [1.29, 1.82) is 0 Å². The second-order valence-electron chi connectivity index (χ2n) is 4.10. The number of carbonyl (C=O) groups is 1. The lowest BCUT2D eigenvalue weighted by Crippen LogP contribution is -2.24. The summed E-state index contributed by atoms with van der Waals surface area (Å²) in [5, 5.41) is 22.7. The maximum atomic E-state index is 11.3. The summed E-state index contributed by atoms with van der Waals surface area (Å²) >= 11 is 0. The number of hydrogen-bond donors (Lipinski definition) is 2. The van der Waals surface area contributed by atoms with Crippen LogP contribution >= 0.6 is 0 Å². The number of amides is 1. The minimum Gasteiger partial charge on any atom is -0.493 e. The van der Waals surface area contributed by atoms with E-state index in [4.69, 9.17) is 14.6 Å². The Labute approximate surface area is 121 Å². The van der Waals surface area contributed by atoms with E-state index in [1.54, 1.807) is 6.92 Å². The van der Waals surface area contributed by atoms with Crippen molar-refractivity contribution in [2.24, 2.45) is 0 Å². The zero-order valence-corrected chi connectivity index (χ0v) is 11.9. The lowest BCUT2D eigenvalue weighted by molar-refractivity contribution is -0.385. The lowest BCUT2D eigenvalue weighted by Gasteiger charge is -2.12. The molecule has 21 heavy (non-hydrogen) atoms. The van der Waals surface area contributed by atoms with Crippen molar-refractivity contribution in [2.45, 2.75) is 20.0 Å². The number of nitro benzene ring substituents is 1. The van der Waals surface area contributed by atoms with Gasteiger partial charge < -0.3 is 19.9 Å². The summed E-state index contributed by atoms with van der Waals surface area (Å²) in [6, 6.07) is 2.53. The largest absolute Gasteiger partial charge is 0.493 e. The van der Waals surface area contributed by atoms with Crippen LogP contribution in [0.1, 0.15) is 18.9 Å². The van der Waals surface area contributed by atoms with Gasteiger partial charge in [0.05, 0.1) is 43.3 Å². The minimum absolute atomic E-state index is 0.0673. The number of rotatable bonds is 8. The van der Waals surface area contributed by atoms with E-state index in [2.05, 4.69) is 5.32 Å². The number of nitrogens with one attached hydrogen (secondary N) is 1. The molecule has 0 saturated carbocycles. The molecule has 0 bridgehead atoms. The highest BCUT2D eigenvalue weighted by Gasteiger charge is 2.19.